The summed E-state index contributed by atoms with van der Waals surface area (Å²) in [5.41, 5.74) is 0. The van der Waals surface area contributed by atoms with Crippen LogP contribution in [0.4, 0.5) is 0 Å². The van der Waals surface area contributed by atoms with Crippen molar-refractivity contribution in [2.24, 2.45) is 0 Å². The lowest BCUT2D eigenvalue weighted by Crippen LogP contribution is -2.50. The molecule has 0 spiro atoms. The SMILES string of the molecule is CNC(=O)C(CC(=O)NCC(O)C(O)C(O)C(O)CO)NC. The highest BCUT2D eigenvalue weighted by molar-refractivity contribution is 5.88. The number of amides is 2. The number of rotatable bonds is 10. The molecule has 0 aromatic carbocycles. The molecule has 0 saturated heterocycles. The highest BCUT2D eigenvalue weighted by Gasteiger charge is 2.30. The topological polar surface area (TPSA) is 171 Å². The van der Waals surface area contributed by atoms with Gasteiger partial charge in [-0.3, -0.25) is 9.59 Å². The second-order valence-corrected chi connectivity index (χ2v) is 4.76. The molecular weight excluding hydrogens is 298 g/mol. The Morgan fingerprint density at radius 2 is 1.55 bits per heavy atom. The molecule has 10 nitrogen and oxygen atoms in total. The number of carbonyl (C=O) groups is 2. The summed E-state index contributed by atoms with van der Waals surface area (Å²) < 4.78 is 0. The van der Waals surface area contributed by atoms with Crippen LogP contribution in [0.3, 0.4) is 0 Å². The minimum absolute atomic E-state index is 0.180. The third-order valence-corrected chi connectivity index (χ3v) is 3.13. The Kier molecular flexibility index (Phi) is 9.81. The lowest BCUT2D eigenvalue weighted by atomic mass is 10.0. The van der Waals surface area contributed by atoms with Crippen molar-refractivity contribution in [3.05, 3.63) is 0 Å². The van der Waals surface area contributed by atoms with Crippen molar-refractivity contribution in [2.45, 2.75) is 36.9 Å². The van der Waals surface area contributed by atoms with E-state index in [0.29, 0.717) is 0 Å². The van der Waals surface area contributed by atoms with Crippen molar-refractivity contribution in [3.63, 3.8) is 0 Å². The standard InChI is InChI=1S/C12H25N3O7/c1-13-6(12(22)14-2)3-9(19)15-4-7(17)10(20)11(21)8(18)5-16/h6-8,10-11,13,16-18,20-21H,3-5H2,1-2H3,(H,14,22)(H,15,19). The maximum Gasteiger partial charge on any atom is 0.237 e. The van der Waals surface area contributed by atoms with E-state index in [2.05, 4.69) is 16.0 Å². The quantitative estimate of drug-likeness (QED) is 0.198. The Bertz CT molecular complexity index is 356. The van der Waals surface area contributed by atoms with Gasteiger partial charge < -0.3 is 41.5 Å². The molecule has 0 aliphatic rings. The number of carbonyl (C=O) groups excluding carboxylic acids is 2. The largest absolute Gasteiger partial charge is 0.394 e. The maximum absolute atomic E-state index is 11.6. The zero-order valence-electron chi connectivity index (χ0n) is 12.6. The van der Waals surface area contributed by atoms with Crippen molar-refractivity contribution in [1.29, 1.82) is 0 Å². The van der Waals surface area contributed by atoms with Crippen LogP contribution in [0.25, 0.3) is 0 Å². The summed E-state index contributed by atoms with van der Waals surface area (Å²) in [5.74, 6) is -0.925. The summed E-state index contributed by atoms with van der Waals surface area (Å²) in [5, 5.41) is 53.7. The monoisotopic (exact) mass is 323 g/mol. The number of likely N-dealkylation sites (N-methyl/N-ethyl adjacent to an activating group) is 2. The van der Waals surface area contributed by atoms with Gasteiger partial charge in [-0.05, 0) is 7.05 Å². The van der Waals surface area contributed by atoms with E-state index >= 15 is 0 Å². The van der Waals surface area contributed by atoms with Crippen LogP contribution in [0.15, 0.2) is 0 Å². The molecule has 22 heavy (non-hydrogen) atoms. The molecule has 0 radical (unpaired) electrons. The van der Waals surface area contributed by atoms with Gasteiger partial charge in [-0.25, -0.2) is 0 Å². The third kappa shape index (κ3) is 6.64. The van der Waals surface area contributed by atoms with Crippen molar-refractivity contribution in [1.82, 2.24) is 16.0 Å². The molecule has 0 heterocycles. The Balaban J connectivity index is 4.31. The number of hydrogen-bond acceptors (Lipinski definition) is 8. The molecule has 0 bridgehead atoms. The average molecular weight is 323 g/mol. The Labute approximate surface area is 128 Å². The predicted octanol–water partition coefficient (Wildman–Crippen LogP) is -4.74. The fourth-order valence-corrected chi connectivity index (χ4v) is 1.66. The van der Waals surface area contributed by atoms with E-state index in [4.69, 9.17) is 10.2 Å². The highest BCUT2D eigenvalue weighted by atomic mass is 16.4. The first-order chi connectivity index (χ1) is 10.3. The smallest absolute Gasteiger partial charge is 0.237 e. The molecule has 0 aliphatic carbocycles. The Morgan fingerprint density at radius 1 is 1.00 bits per heavy atom. The van der Waals surface area contributed by atoms with Gasteiger partial charge in [-0.1, -0.05) is 0 Å². The van der Waals surface area contributed by atoms with Gasteiger partial charge in [0.15, 0.2) is 0 Å². The number of aliphatic hydroxyl groups is 5. The molecule has 0 aromatic heterocycles. The fourth-order valence-electron chi connectivity index (χ4n) is 1.66. The molecule has 0 saturated carbocycles. The second kappa shape index (κ2) is 10.4. The minimum Gasteiger partial charge on any atom is -0.394 e. The van der Waals surface area contributed by atoms with Crippen LogP contribution in [-0.4, -0.2) is 95.1 Å². The zero-order chi connectivity index (χ0) is 17.3. The summed E-state index contributed by atoms with van der Waals surface area (Å²) in [4.78, 5) is 23.0. The van der Waals surface area contributed by atoms with Crippen molar-refractivity contribution >= 4 is 11.8 Å². The first-order valence-electron chi connectivity index (χ1n) is 6.77. The predicted molar refractivity (Wildman–Crippen MR) is 75.7 cm³/mol. The summed E-state index contributed by atoms with van der Waals surface area (Å²) in [6.45, 7) is -1.17. The Morgan fingerprint density at radius 3 is 2.00 bits per heavy atom. The Hall–Kier alpha value is -1.30. The van der Waals surface area contributed by atoms with Crippen molar-refractivity contribution in [3.8, 4) is 0 Å². The van der Waals surface area contributed by atoms with E-state index in [1.807, 2.05) is 0 Å². The van der Waals surface area contributed by atoms with E-state index in [1.165, 1.54) is 14.1 Å². The van der Waals surface area contributed by atoms with Crippen LogP contribution >= 0.6 is 0 Å². The van der Waals surface area contributed by atoms with E-state index < -0.39 is 43.0 Å². The maximum atomic E-state index is 11.6. The molecule has 2 amide bonds. The van der Waals surface area contributed by atoms with Gasteiger partial charge in [0.25, 0.3) is 0 Å². The molecule has 130 valence electrons. The normalized spacial score (nSPS) is 18.0. The fraction of sp³-hybridized carbons (Fsp3) is 0.833. The first kappa shape index (κ1) is 20.7. The van der Waals surface area contributed by atoms with Gasteiger partial charge >= 0.3 is 0 Å². The van der Waals surface area contributed by atoms with Crippen LogP contribution in [0.5, 0.6) is 0 Å². The minimum atomic E-state index is -1.76. The number of hydrogen-bond donors (Lipinski definition) is 8. The summed E-state index contributed by atoms with van der Waals surface area (Å²) in [6, 6.07) is -0.742. The number of nitrogens with one attached hydrogen (secondary N) is 3. The zero-order valence-corrected chi connectivity index (χ0v) is 12.6. The molecule has 0 fully saturated rings. The molecule has 8 N–H and O–H groups in total. The molecule has 5 unspecified atom stereocenters. The van der Waals surface area contributed by atoms with E-state index in [1.54, 1.807) is 0 Å². The lowest BCUT2D eigenvalue weighted by Gasteiger charge is -2.25. The first-order valence-corrected chi connectivity index (χ1v) is 6.77. The van der Waals surface area contributed by atoms with Gasteiger partial charge in [0.2, 0.25) is 11.8 Å². The van der Waals surface area contributed by atoms with E-state index in [9.17, 15) is 24.9 Å². The molecular formula is C12H25N3O7. The van der Waals surface area contributed by atoms with Gasteiger partial charge in [0, 0.05) is 13.6 Å². The molecule has 0 aromatic rings. The van der Waals surface area contributed by atoms with Crippen LogP contribution in [0, 0.1) is 0 Å². The molecule has 10 heteroatoms. The van der Waals surface area contributed by atoms with E-state index in [0.717, 1.165) is 0 Å². The van der Waals surface area contributed by atoms with Crippen LogP contribution < -0.4 is 16.0 Å². The van der Waals surface area contributed by atoms with Crippen LogP contribution in [-0.2, 0) is 9.59 Å². The molecule has 0 rings (SSSR count). The van der Waals surface area contributed by atoms with Gasteiger partial charge in [0.05, 0.1) is 25.2 Å². The van der Waals surface area contributed by atoms with Gasteiger partial charge in [-0.2, -0.15) is 0 Å². The van der Waals surface area contributed by atoms with Crippen LogP contribution in [0.2, 0.25) is 0 Å². The molecule has 5 atom stereocenters. The van der Waals surface area contributed by atoms with Crippen molar-refractivity contribution < 1.29 is 35.1 Å². The molecule has 0 aliphatic heterocycles. The van der Waals surface area contributed by atoms with Gasteiger partial charge in [-0.15, -0.1) is 0 Å². The summed E-state index contributed by atoms with van der Waals surface area (Å²) in [6.07, 6.45) is -6.84. The van der Waals surface area contributed by atoms with Crippen molar-refractivity contribution in [2.75, 3.05) is 27.2 Å². The lowest BCUT2D eigenvalue weighted by molar-refractivity contribution is -0.130. The van der Waals surface area contributed by atoms with Crippen LogP contribution in [0.1, 0.15) is 6.42 Å². The van der Waals surface area contributed by atoms with Gasteiger partial charge in [0.1, 0.15) is 18.3 Å². The highest BCUT2D eigenvalue weighted by Crippen LogP contribution is 2.04. The summed E-state index contributed by atoms with van der Waals surface area (Å²) >= 11 is 0. The third-order valence-electron chi connectivity index (χ3n) is 3.13. The second-order valence-electron chi connectivity index (χ2n) is 4.76. The van der Waals surface area contributed by atoms with E-state index in [-0.39, 0.29) is 18.9 Å². The average Bonchev–Trinajstić information content (AvgIpc) is 2.54. The summed E-state index contributed by atoms with van der Waals surface area (Å²) in [7, 11) is 2.94. The number of aliphatic hydroxyl groups excluding tert-OH is 5.